The standard InChI is InChI=1S/C32H38N4O4/c1-19(2)22-10-12-23(13-11-22)34-29(37)26-25-14-15-32(40-25)27(26)31(39)36(18-21-8-6-16-33-17-21)28(32)30(38)35-24-9-5-4-7-20(24)3/h6,8,10-17,19-20,24-28H,4-5,7,9,18H2,1-3H3,(H,34,37)(H,35,38)/t20?,24?,25-,26?,27-,28?,32?/m0/s1. The molecule has 7 atom stereocenters. The van der Waals surface area contributed by atoms with E-state index >= 15 is 0 Å². The number of fused-ring (bicyclic) bond motifs is 1. The van der Waals surface area contributed by atoms with E-state index in [1.165, 1.54) is 12.0 Å². The number of nitrogens with zero attached hydrogens (tertiary/aromatic N) is 2. The van der Waals surface area contributed by atoms with Gasteiger partial charge in [0.2, 0.25) is 17.7 Å². The molecule has 2 N–H and O–H groups in total. The van der Waals surface area contributed by atoms with Gasteiger partial charge in [-0.1, -0.05) is 64.0 Å². The van der Waals surface area contributed by atoms with E-state index in [0.717, 1.165) is 24.8 Å². The minimum absolute atomic E-state index is 0.0579. The summed E-state index contributed by atoms with van der Waals surface area (Å²) in [5.41, 5.74) is 1.49. The Balaban J connectivity index is 1.30. The summed E-state index contributed by atoms with van der Waals surface area (Å²) >= 11 is 0. The van der Waals surface area contributed by atoms with Crippen LogP contribution in [0.15, 0.2) is 60.9 Å². The molecule has 40 heavy (non-hydrogen) atoms. The minimum Gasteiger partial charge on any atom is -0.359 e. The van der Waals surface area contributed by atoms with Gasteiger partial charge in [0.15, 0.2) is 0 Å². The number of nitrogens with one attached hydrogen (secondary N) is 2. The summed E-state index contributed by atoms with van der Waals surface area (Å²) in [6, 6.07) is 10.7. The fourth-order valence-corrected chi connectivity index (χ4v) is 7.10. The van der Waals surface area contributed by atoms with Crippen LogP contribution in [0.5, 0.6) is 0 Å². The highest BCUT2D eigenvalue weighted by Gasteiger charge is 2.72. The van der Waals surface area contributed by atoms with Gasteiger partial charge in [0.25, 0.3) is 0 Å². The zero-order valence-electron chi connectivity index (χ0n) is 23.4. The topological polar surface area (TPSA) is 101 Å². The molecular weight excluding hydrogens is 504 g/mol. The summed E-state index contributed by atoms with van der Waals surface area (Å²) in [6.07, 6.45) is 10.8. The van der Waals surface area contributed by atoms with Gasteiger partial charge < -0.3 is 20.3 Å². The van der Waals surface area contributed by atoms with Gasteiger partial charge in [0.05, 0.1) is 17.9 Å². The molecule has 3 aliphatic heterocycles. The van der Waals surface area contributed by atoms with Crippen LogP contribution >= 0.6 is 0 Å². The van der Waals surface area contributed by atoms with Crippen molar-refractivity contribution in [1.82, 2.24) is 15.2 Å². The number of amides is 3. The molecule has 3 fully saturated rings. The Bertz CT molecular complexity index is 1310. The van der Waals surface area contributed by atoms with Crippen LogP contribution in [-0.4, -0.2) is 51.4 Å². The average molecular weight is 543 g/mol. The number of anilines is 1. The number of ether oxygens (including phenoxy) is 1. The van der Waals surface area contributed by atoms with Gasteiger partial charge in [-0.3, -0.25) is 19.4 Å². The van der Waals surface area contributed by atoms with Crippen LogP contribution in [-0.2, 0) is 25.7 Å². The summed E-state index contributed by atoms with van der Waals surface area (Å²) in [4.78, 5) is 47.7. The Kier molecular flexibility index (Phi) is 6.98. The first-order valence-corrected chi connectivity index (χ1v) is 14.6. The highest BCUT2D eigenvalue weighted by atomic mass is 16.5. The third-order valence-corrected chi connectivity index (χ3v) is 9.28. The van der Waals surface area contributed by atoms with Crippen LogP contribution in [0, 0.1) is 17.8 Å². The Labute approximate surface area is 235 Å². The number of hydrogen-bond acceptors (Lipinski definition) is 5. The molecule has 4 aliphatic rings. The number of carbonyl (C=O) groups is 3. The Morgan fingerprint density at radius 1 is 1.12 bits per heavy atom. The molecule has 4 heterocycles. The van der Waals surface area contributed by atoms with Crippen LogP contribution in [0.25, 0.3) is 0 Å². The van der Waals surface area contributed by atoms with Crippen molar-refractivity contribution < 1.29 is 19.1 Å². The number of benzene rings is 1. The SMILES string of the molecule is CC(C)c1ccc(NC(=O)C2[C@@H]3C=CC4(O3)C(C(=O)NC3CCCCC3C)N(Cc3cccnc3)C(=O)[C@H]24)cc1. The minimum atomic E-state index is -1.19. The highest BCUT2D eigenvalue weighted by Crippen LogP contribution is 2.55. The predicted octanol–water partition coefficient (Wildman–Crippen LogP) is 4.19. The van der Waals surface area contributed by atoms with Gasteiger partial charge >= 0.3 is 0 Å². The Hall–Kier alpha value is -3.52. The predicted molar refractivity (Wildman–Crippen MR) is 151 cm³/mol. The molecule has 2 bridgehead atoms. The van der Waals surface area contributed by atoms with Crippen LogP contribution < -0.4 is 10.6 Å². The van der Waals surface area contributed by atoms with Gasteiger partial charge in [-0.05, 0) is 54.0 Å². The largest absolute Gasteiger partial charge is 0.359 e. The second-order valence-electron chi connectivity index (χ2n) is 12.2. The maximum absolute atomic E-state index is 14.2. The van der Waals surface area contributed by atoms with Gasteiger partial charge in [0, 0.05) is 30.7 Å². The molecular formula is C32H38N4O4. The Morgan fingerprint density at radius 3 is 2.60 bits per heavy atom. The molecule has 5 unspecified atom stereocenters. The van der Waals surface area contributed by atoms with E-state index in [1.54, 1.807) is 17.3 Å². The number of hydrogen-bond donors (Lipinski definition) is 2. The molecule has 6 rings (SSSR count). The van der Waals surface area contributed by atoms with Crippen molar-refractivity contribution in [3.63, 3.8) is 0 Å². The van der Waals surface area contributed by atoms with Gasteiger partial charge in [-0.15, -0.1) is 0 Å². The second-order valence-corrected chi connectivity index (χ2v) is 12.2. The van der Waals surface area contributed by atoms with Crippen molar-refractivity contribution in [2.24, 2.45) is 17.8 Å². The summed E-state index contributed by atoms with van der Waals surface area (Å²) in [7, 11) is 0. The number of rotatable bonds is 7. The van der Waals surface area contributed by atoms with Gasteiger partial charge in [0.1, 0.15) is 11.6 Å². The number of carbonyl (C=O) groups excluding carboxylic acids is 3. The zero-order valence-corrected chi connectivity index (χ0v) is 23.4. The first-order valence-electron chi connectivity index (χ1n) is 14.6. The van der Waals surface area contributed by atoms with E-state index in [1.807, 2.05) is 48.6 Å². The maximum Gasteiger partial charge on any atom is 0.246 e. The molecule has 2 saturated heterocycles. The van der Waals surface area contributed by atoms with Crippen molar-refractivity contribution >= 4 is 23.4 Å². The van der Waals surface area contributed by atoms with Crippen LogP contribution in [0.1, 0.15) is 63.5 Å². The van der Waals surface area contributed by atoms with Crippen molar-refractivity contribution in [2.75, 3.05) is 5.32 Å². The van der Waals surface area contributed by atoms with E-state index in [-0.39, 0.29) is 30.3 Å². The fourth-order valence-electron chi connectivity index (χ4n) is 7.10. The zero-order chi connectivity index (χ0) is 28.0. The van der Waals surface area contributed by atoms with E-state index in [9.17, 15) is 14.4 Å². The Morgan fingerprint density at radius 2 is 1.90 bits per heavy atom. The van der Waals surface area contributed by atoms with E-state index in [0.29, 0.717) is 17.5 Å². The average Bonchev–Trinajstić information content (AvgIpc) is 3.58. The van der Waals surface area contributed by atoms with E-state index < -0.39 is 29.6 Å². The molecule has 1 aliphatic carbocycles. The molecule has 0 radical (unpaired) electrons. The van der Waals surface area contributed by atoms with Crippen molar-refractivity contribution in [3.05, 3.63) is 72.1 Å². The lowest BCUT2D eigenvalue weighted by atomic mass is 9.74. The summed E-state index contributed by atoms with van der Waals surface area (Å²) in [5, 5.41) is 6.28. The monoisotopic (exact) mass is 542 g/mol. The van der Waals surface area contributed by atoms with Gasteiger partial charge in [-0.2, -0.15) is 0 Å². The van der Waals surface area contributed by atoms with E-state index in [4.69, 9.17) is 4.74 Å². The lowest BCUT2D eigenvalue weighted by Crippen LogP contribution is -2.57. The number of aromatic nitrogens is 1. The van der Waals surface area contributed by atoms with E-state index in [2.05, 4.69) is 36.4 Å². The number of pyridine rings is 1. The summed E-state index contributed by atoms with van der Waals surface area (Å²) in [6.45, 7) is 6.63. The molecule has 3 amide bonds. The molecule has 1 aromatic carbocycles. The van der Waals surface area contributed by atoms with Crippen LogP contribution in [0.3, 0.4) is 0 Å². The quantitative estimate of drug-likeness (QED) is 0.511. The lowest BCUT2D eigenvalue weighted by molar-refractivity contribution is -0.142. The molecule has 2 aromatic rings. The number of likely N-dealkylation sites (tertiary alicyclic amines) is 1. The molecule has 1 saturated carbocycles. The van der Waals surface area contributed by atoms with Crippen LogP contribution in [0.4, 0.5) is 5.69 Å². The first kappa shape index (κ1) is 26.7. The normalized spacial score (nSPS) is 32.4. The fraction of sp³-hybridized carbons (Fsp3) is 0.500. The smallest absolute Gasteiger partial charge is 0.246 e. The van der Waals surface area contributed by atoms with Crippen molar-refractivity contribution in [3.8, 4) is 0 Å². The molecule has 1 spiro atoms. The van der Waals surface area contributed by atoms with Crippen LogP contribution in [0.2, 0.25) is 0 Å². The van der Waals surface area contributed by atoms with Crippen molar-refractivity contribution in [1.29, 1.82) is 0 Å². The summed E-state index contributed by atoms with van der Waals surface area (Å²) < 4.78 is 6.48. The van der Waals surface area contributed by atoms with Gasteiger partial charge in [-0.25, -0.2) is 0 Å². The molecule has 1 aromatic heterocycles. The highest BCUT2D eigenvalue weighted by molar-refractivity contribution is 6.02. The first-order chi connectivity index (χ1) is 19.3. The lowest BCUT2D eigenvalue weighted by Gasteiger charge is -2.36. The van der Waals surface area contributed by atoms with Crippen molar-refractivity contribution in [2.45, 2.75) is 82.7 Å². The summed E-state index contributed by atoms with van der Waals surface area (Å²) in [5.74, 6) is -1.48. The third kappa shape index (κ3) is 4.52. The second kappa shape index (κ2) is 10.5. The maximum atomic E-state index is 14.2. The molecule has 210 valence electrons. The third-order valence-electron chi connectivity index (χ3n) is 9.28. The molecule has 8 heteroatoms. The molecule has 8 nitrogen and oxygen atoms in total.